The number of benzene rings is 1. The Hall–Kier alpha value is -1.69. The number of ether oxygens (including phenoxy) is 1. The number of amides is 1. The average molecular weight is 307 g/mol. The van der Waals surface area contributed by atoms with E-state index in [9.17, 15) is 14.7 Å². The summed E-state index contributed by atoms with van der Waals surface area (Å²) in [5.41, 5.74) is 0.857. The zero-order valence-corrected chi connectivity index (χ0v) is 12.5. The number of methoxy groups -OCH3 is 1. The summed E-state index contributed by atoms with van der Waals surface area (Å²) >= 11 is 1.22. The first-order valence-corrected chi connectivity index (χ1v) is 7.96. The minimum absolute atomic E-state index is 0.0424. The molecule has 2 fully saturated rings. The standard InChI is InChI=1S/C15H17NO4S/c1-20-11-6-2-9(3-7-11)13-14(15(18)19)21-8-12(17)16(13)10-4-5-10/h2-3,6-7,10,13-14H,4-5,8H2,1H3,(H,18,19). The summed E-state index contributed by atoms with van der Waals surface area (Å²) in [5, 5.41) is 8.88. The number of rotatable bonds is 4. The van der Waals surface area contributed by atoms with E-state index in [1.165, 1.54) is 11.8 Å². The van der Waals surface area contributed by atoms with Crippen LogP contribution >= 0.6 is 11.8 Å². The molecule has 2 unspecified atom stereocenters. The third-order valence-corrected chi connectivity index (χ3v) is 5.13. The molecule has 21 heavy (non-hydrogen) atoms. The van der Waals surface area contributed by atoms with Crippen LogP contribution in [0.5, 0.6) is 5.75 Å². The van der Waals surface area contributed by atoms with Crippen LogP contribution in [0.3, 0.4) is 0 Å². The van der Waals surface area contributed by atoms with Crippen molar-refractivity contribution in [3.8, 4) is 5.75 Å². The highest BCUT2D eigenvalue weighted by atomic mass is 32.2. The molecule has 6 heteroatoms. The lowest BCUT2D eigenvalue weighted by Crippen LogP contribution is -2.48. The van der Waals surface area contributed by atoms with Gasteiger partial charge in [0.1, 0.15) is 11.0 Å². The van der Waals surface area contributed by atoms with Gasteiger partial charge in [-0.25, -0.2) is 0 Å². The van der Waals surface area contributed by atoms with E-state index in [0.29, 0.717) is 0 Å². The highest BCUT2D eigenvalue weighted by Gasteiger charge is 2.47. The Balaban J connectivity index is 1.97. The van der Waals surface area contributed by atoms with E-state index >= 15 is 0 Å². The molecule has 2 atom stereocenters. The number of carboxylic acid groups (broad SMARTS) is 1. The Morgan fingerprint density at radius 3 is 2.52 bits per heavy atom. The molecular weight excluding hydrogens is 290 g/mol. The molecule has 0 aromatic heterocycles. The molecule has 0 bridgehead atoms. The van der Waals surface area contributed by atoms with Crippen LogP contribution in [0.25, 0.3) is 0 Å². The van der Waals surface area contributed by atoms with Crippen molar-refractivity contribution in [3.05, 3.63) is 29.8 Å². The zero-order chi connectivity index (χ0) is 15.0. The molecule has 1 aromatic carbocycles. The van der Waals surface area contributed by atoms with E-state index < -0.39 is 17.3 Å². The van der Waals surface area contributed by atoms with E-state index in [4.69, 9.17) is 4.74 Å². The number of nitrogens with zero attached hydrogens (tertiary/aromatic N) is 1. The van der Waals surface area contributed by atoms with E-state index in [0.717, 1.165) is 24.2 Å². The molecule has 1 saturated heterocycles. The molecule has 112 valence electrons. The Labute approximate surface area is 127 Å². The number of carboxylic acids is 1. The van der Waals surface area contributed by atoms with Gasteiger partial charge >= 0.3 is 5.97 Å². The Morgan fingerprint density at radius 2 is 2.00 bits per heavy atom. The minimum Gasteiger partial charge on any atom is -0.497 e. The van der Waals surface area contributed by atoms with Crippen LogP contribution in [0, 0.1) is 0 Å². The van der Waals surface area contributed by atoms with E-state index in [-0.39, 0.29) is 17.7 Å². The van der Waals surface area contributed by atoms with Crippen molar-refractivity contribution >= 4 is 23.6 Å². The lowest BCUT2D eigenvalue weighted by Gasteiger charge is -2.39. The largest absolute Gasteiger partial charge is 0.497 e. The second-order valence-electron chi connectivity index (χ2n) is 5.32. The molecule has 1 aliphatic heterocycles. The Morgan fingerprint density at radius 1 is 1.33 bits per heavy atom. The molecule has 2 aliphatic rings. The molecule has 1 aromatic rings. The van der Waals surface area contributed by atoms with Crippen LogP contribution in [0.15, 0.2) is 24.3 Å². The maximum Gasteiger partial charge on any atom is 0.319 e. The second kappa shape index (κ2) is 5.60. The molecule has 3 rings (SSSR count). The first-order chi connectivity index (χ1) is 10.1. The average Bonchev–Trinajstić information content (AvgIpc) is 3.31. The molecule has 0 radical (unpaired) electrons. The third-order valence-electron chi connectivity index (χ3n) is 3.90. The van der Waals surface area contributed by atoms with Crippen molar-refractivity contribution in [1.29, 1.82) is 0 Å². The quantitative estimate of drug-likeness (QED) is 0.920. The van der Waals surface area contributed by atoms with Gasteiger partial charge in [0, 0.05) is 6.04 Å². The summed E-state index contributed by atoms with van der Waals surface area (Å²) in [6.07, 6.45) is 1.94. The summed E-state index contributed by atoms with van der Waals surface area (Å²) in [6, 6.07) is 7.13. The van der Waals surface area contributed by atoms with Crippen LogP contribution in [0.4, 0.5) is 0 Å². The maximum absolute atomic E-state index is 12.2. The molecule has 1 heterocycles. The fourth-order valence-electron chi connectivity index (χ4n) is 2.75. The van der Waals surface area contributed by atoms with Crippen LogP contribution in [0.2, 0.25) is 0 Å². The van der Waals surface area contributed by atoms with E-state index in [1.54, 1.807) is 12.0 Å². The van der Waals surface area contributed by atoms with Crippen LogP contribution in [-0.2, 0) is 9.59 Å². The van der Waals surface area contributed by atoms with Gasteiger partial charge in [0.15, 0.2) is 0 Å². The zero-order valence-electron chi connectivity index (χ0n) is 11.7. The monoisotopic (exact) mass is 307 g/mol. The first kappa shape index (κ1) is 14.3. The Kier molecular flexibility index (Phi) is 3.80. The topological polar surface area (TPSA) is 66.8 Å². The lowest BCUT2D eigenvalue weighted by atomic mass is 10.0. The summed E-state index contributed by atoms with van der Waals surface area (Å²) in [6.45, 7) is 0. The number of thioether (sulfide) groups is 1. The summed E-state index contributed by atoms with van der Waals surface area (Å²) < 4.78 is 5.14. The van der Waals surface area contributed by atoms with Crippen molar-refractivity contribution in [2.75, 3.05) is 12.9 Å². The Bertz CT molecular complexity index is 555. The van der Waals surface area contributed by atoms with Gasteiger partial charge in [-0.1, -0.05) is 12.1 Å². The van der Waals surface area contributed by atoms with Crippen molar-refractivity contribution in [2.24, 2.45) is 0 Å². The summed E-state index contributed by atoms with van der Waals surface area (Å²) in [5.74, 6) is 0.151. The molecular formula is C15H17NO4S. The number of carbonyl (C=O) groups excluding carboxylic acids is 1. The number of aliphatic carboxylic acids is 1. The van der Waals surface area contributed by atoms with E-state index in [1.807, 2.05) is 24.3 Å². The number of carbonyl (C=O) groups is 2. The van der Waals surface area contributed by atoms with Crippen LogP contribution in [0.1, 0.15) is 24.4 Å². The fraction of sp³-hybridized carbons (Fsp3) is 0.467. The van der Waals surface area contributed by atoms with Gasteiger partial charge in [-0.05, 0) is 30.5 Å². The predicted molar refractivity (Wildman–Crippen MR) is 79.5 cm³/mol. The smallest absolute Gasteiger partial charge is 0.319 e. The normalized spacial score (nSPS) is 25.8. The highest BCUT2D eigenvalue weighted by Crippen LogP contribution is 2.43. The van der Waals surface area contributed by atoms with Crippen molar-refractivity contribution in [3.63, 3.8) is 0 Å². The van der Waals surface area contributed by atoms with Gasteiger partial charge in [-0.3, -0.25) is 9.59 Å². The van der Waals surface area contributed by atoms with Gasteiger partial charge in [-0.15, -0.1) is 11.8 Å². The van der Waals surface area contributed by atoms with Gasteiger partial charge < -0.3 is 14.7 Å². The highest BCUT2D eigenvalue weighted by molar-refractivity contribution is 8.01. The van der Waals surface area contributed by atoms with Gasteiger partial charge in [0.2, 0.25) is 5.91 Å². The molecule has 0 spiro atoms. The van der Waals surface area contributed by atoms with Gasteiger partial charge in [0.25, 0.3) is 0 Å². The number of hydrogen-bond donors (Lipinski definition) is 1. The van der Waals surface area contributed by atoms with E-state index in [2.05, 4.69) is 0 Å². The summed E-state index contributed by atoms with van der Waals surface area (Å²) in [4.78, 5) is 25.6. The number of hydrogen-bond acceptors (Lipinski definition) is 4. The SMILES string of the molecule is COc1ccc(C2C(C(=O)O)SCC(=O)N2C2CC2)cc1. The van der Waals surface area contributed by atoms with Gasteiger partial charge in [-0.2, -0.15) is 0 Å². The molecule has 1 N–H and O–H groups in total. The van der Waals surface area contributed by atoms with Gasteiger partial charge in [0.05, 0.1) is 18.9 Å². The molecule has 5 nitrogen and oxygen atoms in total. The fourth-order valence-corrected chi connectivity index (χ4v) is 3.84. The molecule has 1 saturated carbocycles. The summed E-state index contributed by atoms with van der Waals surface area (Å²) in [7, 11) is 1.59. The second-order valence-corrected chi connectivity index (χ2v) is 6.45. The van der Waals surface area contributed by atoms with Crippen LogP contribution in [-0.4, -0.2) is 46.0 Å². The van der Waals surface area contributed by atoms with Crippen molar-refractivity contribution in [1.82, 2.24) is 4.90 Å². The predicted octanol–water partition coefficient (Wildman–Crippen LogP) is 1.93. The first-order valence-electron chi connectivity index (χ1n) is 6.91. The van der Waals surface area contributed by atoms with Crippen molar-refractivity contribution in [2.45, 2.75) is 30.2 Å². The lowest BCUT2D eigenvalue weighted by molar-refractivity contribution is -0.140. The minimum atomic E-state index is -0.862. The van der Waals surface area contributed by atoms with Crippen molar-refractivity contribution < 1.29 is 19.4 Å². The maximum atomic E-state index is 12.2. The van der Waals surface area contributed by atoms with Crippen LogP contribution < -0.4 is 4.74 Å². The molecule has 1 amide bonds. The molecule has 1 aliphatic carbocycles. The third kappa shape index (κ3) is 2.72.